The summed E-state index contributed by atoms with van der Waals surface area (Å²) in [6, 6.07) is 5.78. The number of nitrogens with zero attached hydrogens (tertiary/aromatic N) is 5. The number of piperazine rings is 1. The number of hydrogen-bond acceptors (Lipinski definition) is 8. The van der Waals surface area contributed by atoms with Crippen LogP contribution >= 0.6 is 0 Å². The lowest BCUT2D eigenvalue weighted by Crippen LogP contribution is -2.44. The molecule has 1 saturated heterocycles. The number of carbonyl (C=O) groups is 1. The predicted octanol–water partition coefficient (Wildman–Crippen LogP) is 2.90. The highest BCUT2D eigenvalue weighted by Gasteiger charge is 2.23. The van der Waals surface area contributed by atoms with Gasteiger partial charge in [0.25, 0.3) is 5.91 Å². The van der Waals surface area contributed by atoms with Crippen LogP contribution in [0.5, 0.6) is 0 Å². The third-order valence-electron chi connectivity index (χ3n) is 6.78. The van der Waals surface area contributed by atoms with E-state index >= 15 is 0 Å². The van der Waals surface area contributed by atoms with Gasteiger partial charge in [0.15, 0.2) is 11.5 Å². The summed E-state index contributed by atoms with van der Waals surface area (Å²) >= 11 is 0. The second kappa shape index (κ2) is 10.9. The minimum atomic E-state index is -0.665. The van der Waals surface area contributed by atoms with E-state index < -0.39 is 5.91 Å². The van der Waals surface area contributed by atoms with Crippen molar-refractivity contribution in [1.82, 2.24) is 14.9 Å². The van der Waals surface area contributed by atoms with E-state index in [9.17, 15) is 9.90 Å². The molecule has 1 saturated carbocycles. The van der Waals surface area contributed by atoms with Gasteiger partial charge in [0, 0.05) is 43.6 Å². The minimum Gasteiger partial charge on any atom is -0.393 e. The molecule has 0 atom stereocenters. The molecule has 0 unspecified atom stereocenters. The van der Waals surface area contributed by atoms with Crippen LogP contribution in [0.1, 0.15) is 48.8 Å². The molecule has 0 radical (unpaired) electrons. The molecule has 10 heteroatoms. The smallest absolute Gasteiger partial charge is 0.271 e. The number of primary amides is 1. The van der Waals surface area contributed by atoms with Crippen molar-refractivity contribution in [3.63, 3.8) is 0 Å². The van der Waals surface area contributed by atoms with E-state index in [1.54, 1.807) is 6.07 Å². The summed E-state index contributed by atoms with van der Waals surface area (Å²) < 4.78 is 0. The van der Waals surface area contributed by atoms with Crippen molar-refractivity contribution in [3.8, 4) is 0 Å². The lowest BCUT2D eigenvalue weighted by molar-refractivity contribution is 0.0996. The molecule has 1 aliphatic heterocycles. The minimum absolute atomic E-state index is 0.0685. The van der Waals surface area contributed by atoms with E-state index in [-0.39, 0.29) is 23.7 Å². The third kappa shape index (κ3) is 5.81. The Labute approximate surface area is 206 Å². The molecule has 4 rings (SSSR count). The van der Waals surface area contributed by atoms with Crippen molar-refractivity contribution in [2.75, 3.05) is 48.8 Å². The first kappa shape index (κ1) is 24.7. The molecule has 186 valence electrons. The maximum absolute atomic E-state index is 12.2. The topological polar surface area (TPSA) is 124 Å². The van der Waals surface area contributed by atoms with E-state index in [4.69, 9.17) is 17.3 Å². The second-order valence-electron chi connectivity index (χ2n) is 9.31. The Balaban J connectivity index is 1.61. The molecular formula is C25H34N8O2. The molecule has 2 aliphatic rings. The first-order chi connectivity index (χ1) is 16.9. The number of nitrogens with two attached hydrogens (primary N) is 1. The summed E-state index contributed by atoms with van der Waals surface area (Å²) in [6.07, 6.45) is 3.52. The van der Waals surface area contributed by atoms with E-state index in [1.165, 1.54) is 0 Å². The zero-order valence-electron chi connectivity index (χ0n) is 20.4. The second-order valence-corrected chi connectivity index (χ2v) is 9.31. The van der Waals surface area contributed by atoms with Crippen LogP contribution in [0.25, 0.3) is 4.85 Å². The number of benzene rings is 1. The lowest BCUT2D eigenvalue weighted by atomic mass is 9.93. The molecule has 2 fully saturated rings. The monoisotopic (exact) mass is 478 g/mol. The maximum Gasteiger partial charge on any atom is 0.271 e. The van der Waals surface area contributed by atoms with Gasteiger partial charge in [-0.2, -0.15) is 0 Å². The fourth-order valence-corrected chi connectivity index (χ4v) is 4.65. The van der Waals surface area contributed by atoms with Gasteiger partial charge in [-0.15, -0.1) is 0 Å². The van der Waals surface area contributed by atoms with Crippen LogP contribution < -0.4 is 21.3 Å². The maximum atomic E-state index is 12.2. The van der Waals surface area contributed by atoms with Gasteiger partial charge >= 0.3 is 0 Å². The van der Waals surface area contributed by atoms with E-state index in [0.717, 1.165) is 57.5 Å². The molecule has 1 amide bonds. The third-order valence-corrected chi connectivity index (χ3v) is 6.78. The average molecular weight is 479 g/mol. The van der Waals surface area contributed by atoms with Crippen molar-refractivity contribution in [1.29, 1.82) is 0 Å². The number of rotatable bonds is 7. The predicted molar refractivity (Wildman–Crippen MR) is 138 cm³/mol. The standard InChI is InChI=1S/C25H34N8O2/c1-4-19-24(28-16-5-8-18(34)9-6-16)31-25(22(30-19)23(26)35)29-17-7-10-21(20(15-17)27-2)33-13-11-32(3)12-14-33/h7,10,15-16,18,34H,4-6,8-9,11-14H2,1,3H3,(H2,26,35)(H2,28,29,31). The summed E-state index contributed by atoms with van der Waals surface area (Å²) in [6.45, 7) is 13.3. The van der Waals surface area contributed by atoms with Crippen LogP contribution in [0.4, 0.5) is 28.7 Å². The van der Waals surface area contributed by atoms with Gasteiger partial charge in [-0.25, -0.2) is 14.8 Å². The average Bonchev–Trinajstić information content (AvgIpc) is 2.86. The largest absolute Gasteiger partial charge is 0.393 e. The lowest BCUT2D eigenvalue weighted by Gasteiger charge is -2.34. The number of aliphatic hydroxyl groups excluding tert-OH is 1. The number of amides is 1. The Kier molecular flexibility index (Phi) is 7.68. The highest BCUT2D eigenvalue weighted by atomic mass is 16.3. The number of aromatic nitrogens is 2. The van der Waals surface area contributed by atoms with Crippen molar-refractivity contribution < 1.29 is 9.90 Å². The molecule has 0 bridgehead atoms. The normalized spacial score (nSPS) is 20.8. The summed E-state index contributed by atoms with van der Waals surface area (Å²) in [7, 11) is 2.10. The summed E-state index contributed by atoms with van der Waals surface area (Å²) in [5.41, 5.74) is 8.46. The Morgan fingerprint density at radius 1 is 1.17 bits per heavy atom. The van der Waals surface area contributed by atoms with Gasteiger partial charge in [0.05, 0.1) is 18.4 Å². The molecule has 35 heavy (non-hydrogen) atoms. The molecule has 1 aliphatic carbocycles. The SMILES string of the molecule is [C-]#[N+]c1cc(Nc2nc(NC3CCC(O)CC3)c(CC)nc2C(N)=O)ccc1N1CCN(C)CC1. The zero-order chi connectivity index (χ0) is 24.9. The van der Waals surface area contributed by atoms with Crippen molar-refractivity contribution >= 4 is 34.6 Å². The van der Waals surface area contributed by atoms with Gasteiger partial charge in [0.1, 0.15) is 5.82 Å². The molecular weight excluding hydrogens is 444 g/mol. The number of anilines is 4. The van der Waals surface area contributed by atoms with E-state index in [1.807, 2.05) is 19.1 Å². The highest BCUT2D eigenvalue weighted by molar-refractivity contribution is 5.96. The fourth-order valence-electron chi connectivity index (χ4n) is 4.65. The highest BCUT2D eigenvalue weighted by Crippen LogP contribution is 2.34. The molecule has 1 aromatic heterocycles. The number of nitrogens with one attached hydrogen (secondary N) is 2. The molecule has 0 spiro atoms. The molecule has 2 aromatic rings. The first-order valence-electron chi connectivity index (χ1n) is 12.2. The van der Waals surface area contributed by atoms with Gasteiger partial charge < -0.3 is 31.3 Å². The summed E-state index contributed by atoms with van der Waals surface area (Å²) in [5, 5.41) is 16.4. The van der Waals surface area contributed by atoms with Crippen molar-refractivity contribution in [3.05, 3.63) is 41.0 Å². The molecule has 5 N–H and O–H groups in total. The zero-order valence-corrected chi connectivity index (χ0v) is 20.4. The number of hydrogen-bond donors (Lipinski definition) is 4. The quantitative estimate of drug-likeness (QED) is 0.448. The van der Waals surface area contributed by atoms with Crippen LogP contribution in [-0.2, 0) is 6.42 Å². The van der Waals surface area contributed by atoms with Crippen LogP contribution in [0, 0.1) is 6.57 Å². The Bertz CT molecular complexity index is 1100. The number of aliphatic hydroxyl groups is 1. The van der Waals surface area contributed by atoms with Crippen LogP contribution in [0.3, 0.4) is 0 Å². The summed E-state index contributed by atoms with van der Waals surface area (Å²) in [5.74, 6) is 0.207. The molecule has 10 nitrogen and oxygen atoms in total. The van der Waals surface area contributed by atoms with Crippen LogP contribution in [0.15, 0.2) is 18.2 Å². The summed E-state index contributed by atoms with van der Waals surface area (Å²) in [4.78, 5) is 29.7. The Hall–Kier alpha value is -3.42. The first-order valence-corrected chi connectivity index (χ1v) is 12.2. The fraction of sp³-hybridized carbons (Fsp3) is 0.520. The number of carbonyl (C=O) groups excluding carboxylic acids is 1. The molecule has 2 heterocycles. The number of likely N-dealkylation sites (N-methyl/N-ethyl adjacent to an activating group) is 1. The number of aryl methyl sites for hydroxylation is 1. The van der Waals surface area contributed by atoms with E-state index in [0.29, 0.717) is 29.3 Å². The van der Waals surface area contributed by atoms with Crippen LogP contribution in [-0.4, -0.2) is 71.3 Å². The van der Waals surface area contributed by atoms with Crippen molar-refractivity contribution in [2.24, 2.45) is 5.73 Å². The van der Waals surface area contributed by atoms with Gasteiger partial charge in [-0.1, -0.05) is 6.92 Å². The molecule has 1 aromatic carbocycles. The van der Waals surface area contributed by atoms with E-state index in [2.05, 4.69) is 37.3 Å². The van der Waals surface area contributed by atoms with Crippen LogP contribution in [0.2, 0.25) is 0 Å². The Morgan fingerprint density at radius 3 is 2.51 bits per heavy atom. The Morgan fingerprint density at radius 2 is 1.89 bits per heavy atom. The van der Waals surface area contributed by atoms with Gasteiger partial charge in [0.2, 0.25) is 5.69 Å². The van der Waals surface area contributed by atoms with Crippen molar-refractivity contribution in [2.45, 2.75) is 51.2 Å². The van der Waals surface area contributed by atoms with Gasteiger partial charge in [-0.3, -0.25) is 4.79 Å². The van der Waals surface area contributed by atoms with Gasteiger partial charge in [-0.05, 0) is 57.4 Å².